The van der Waals surface area contributed by atoms with Crippen LogP contribution in [0, 0.1) is 24.6 Å². The van der Waals surface area contributed by atoms with Crippen LogP contribution >= 0.6 is 22.6 Å². The van der Waals surface area contributed by atoms with Gasteiger partial charge >= 0.3 is 21.2 Å². The number of rotatable bonds is 5. The lowest BCUT2D eigenvalue weighted by molar-refractivity contribution is -0.598. The number of ether oxygens (including phenoxy) is 1. The predicted octanol–water partition coefficient (Wildman–Crippen LogP) is 2.62. The van der Waals surface area contributed by atoms with Crippen LogP contribution < -0.4 is 25.9 Å². The SMILES string of the molecule is Cc1ccc(C)c([I+]c2ccc(OCc3ccc(I)cc3)cc2)c1. The van der Waals surface area contributed by atoms with E-state index in [2.05, 4.69) is 103 Å². The molecule has 0 N–H and O–H groups in total. The van der Waals surface area contributed by atoms with Crippen LogP contribution in [0.2, 0.25) is 0 Å². The van der Waals surface area contributed by atoms with E-state index in [1.54, 1.807) is 0 Å². The number of benzene rings is 3. The fourth-order valence-corrected chi connectivity index (χ4v) is 5.26. The first kappa shape index (κ1) is 17.7. The molecule has 0 heterocycles. The van der Waals surface area contributed by atoms with Crippen LogP contribution in [-0.4, -0.2) is 0 Å². The molecule has 122 valence electrons. The molecule has 0 saturated heterocycles. The Hall–Kier alpha value is -1.08. The summed E-state index contributed by atoms with van der Waals surface area (Å²) >= 11 is 2.18. The first-order valence-electron chi connectivity index (χ1n) is 7.79. The molecule has 3 aromatic rings. The van der Waals surface area contributed by atoms with Crippen molar-refractivity contribution in [1.29, 1.82) is 0 Å². The summed E-state index contributed by atoms with van der Waals surface area (Å²) < 4.78 is 10.1. The third kappa shape index (κ3) is 4.96. The van der Waals surface area contributed by atoms with Gasteiger partial charge < -0.3 is 4.74 Å². The molecule has 24 heavy (non-hydrogen) atoms. The number of hydrogen-bond donors (Lipinski definition) is 0. The van der Waals surface area contributed by atoms with Crippen LogP contribution in [0.5, 0.6) is 5.75 Å². The van der Waals surface area contributed by atoms with Gasteiger partial charge in [-0.05, 0) is 90.0 Å². The first-order chi connectivity index (χ1) is 11.6. The van der Waals surface area contributed by atoms with Crippen LogP contribution in [0.25, 0.3) is 0 Å². The van der Waals surface area contributed by atoms with E-state index in [0.29, 0.717) is 6.61 Å². The zero-order valence-electron chi connectivity index (χ0n) is 13.7. The van der Waals surface area contributed by atoms with Gasteiger partial charge in [0.1, 0.15) is 12.4 Å². The normalized spacial score (nSPS) is 10.6. The molecule has 3 rings (SSSR count). The minimum absolute atomic E-state index is 0.137. The van der Waals surface area contributed by atoms with E-state index in [4.69, 9.17) is 4.74 Å². The fourth-order valence-electron chi connectivity index (χ4n) is 2.26. The van der Waals surface area contributed by atoms with Gasteiger partial charge in [0.2, 0.25) is 0 Å². The highest BCUT2D eigenvalue weighted by Crippen LogP contribution is 2.13. The molecular weight excluding hydrogens is 522 g/mol. The van der Waals surface area contributed by atoms with E-state index in [0.717, 1.165) is 5.75 Å². The Morgan fingerprint density at radius 3 is 2.29 bits per heavy atom. The van der Waals surface area contributed by atoms with Crippen molar-refractivity contribution in [2.75, 3.05) is 0 Å². The van der Waals surface area contributed by atoms with Crippen LogP contribution in [0.15, 0.2) is 66.7 Å². The molecule has 1 nitrogen and oxygen atoms in total. The Kier molecular flexibility index (Phi) is 6.16. The predicted molar refractivity (Wildman–Crippen MR) is 103 cm³/mol. The Balaban J connectivity index is 1.62. The van der Waals surface area contributed by atoms with Gasteiger partial charge in [-0.15, -0.1) is 0 Å². The highest BCUT2D eigenvalue weighted by Gasteiger charge is 2.18. The van der Waals surface area contributed by atoms with Crippen LogP contribution in [0.3, 0.4) is 0 Å². The van der Waals surface area contributed by atoms with Crippen molar-refractivity contribution >= 4 is 22.6 Å². The van der Waals surface area contributed by atoms with Crippen LogP contribution in [-0.2, 0) is 6.61 Å². The van der Waals surface area contributed by atoms with E-state index in [-0.39, 0.29) is 21.2 Å². The number of halogens is 2. The zero-order valence-corrected chi connectivity index (χ0v) is 18.0. The second-order valence-corrected chi connectivity index (χ2v) is 9.91. The summed E-state index contributed by atoms with van der Waals surface area (Å²) in [5.41, 5.74) is 3.93. The fraction of sp³-hybridized carbons (Fsp3) is 0.143. The molecule has 0 saturated carbocycles. The smallest absolute Gasteiger partial charge is 0.358 e. The van der Waals surface area contributed by atoms with Gasteiger partial charge in [-0.1, -0.05) is 24.3 Å². The molecule has 0 radical (unpaired) electrons. The van der Waals surface area contributed by atoms with E-state index in [9.17, 15) is 0 Å². The molecule has 0 aromatic heterocycles. The lowest BCUT2D eigenvalue weighted by Crippen LogP contribution is -3.61. The zero-order chi connectivity index (χ0) is 16.9. The lowest BCUT2D eigenvalue weighted by atomic mass is 10.2. The largest absolute Gasteiger partial charge is 0.489 e. The van der Waals surface area contributed by atoms with Crippen molar-refractivity contribution in [3.05, 3.63) is 94.1 Å². The molecule has 3 heteroatoms. The summed E-state index contributed by atoms with van der Waals surface area (Å²) in [7, 11) is 0. The van der Waals surface area contributed by atoms with Gasteiger partial charge in [0.05, 0.1) is 0 Å². The highest BCUT2D eigenvalue weighted by atomic mass is 127. The number of aryl methyl sites for hydroxylation is 2. The second-order valence-electron chi connectivity index (χ2n) is 5.72. The minimum atomic E-state index is -0.137. The standard InChI is InChI=1S/C21H19I2O/c1-15-3-4-16(2)21(13-15)23-19-9-11-20(12-10-19)24-14-17-5-7-18(22)8-6-17/h3-13H,14H2,1-2H3/q+1. The summed E-state index contributed by atoms with van der Waals surface area (Å²) in [6.07, 6.45) is 0. The minimum Gasteiger partial charge on any atom is -0.489 e. The molecule has 3 aromatic carbocycles. The summed E-state index contributed by atoms with van der Waals surface area (Å²) in [5.74, 6) is 0.933. The van der Waals surface area contributed by atoms with Gasteiger partial charge in [-0.3, -0.25) is 0 Å². The van der Waals surface area contributed by atoms with Gasteiger partial charge in [0.15, 0.2) is 7.14 Å². The van der Waals surface area contributed by atoms with Crippen molar-refractivity contribution in [3.63, 3.8) is 0 Å². The molecule has 0 aliphatic carbocycles. The Morgan fingerprint density at radius 1 is 0.875 bits per heavy atom. The highest BCUT2D eigenvalue weighted by molar-refractivity contribution is 14.1. The molecule has 0 unspecified atom stereocenters. The van der Waals surface area contributed by atoms with E-state index in [1.165, 1.54) is 27.4 Å². The van der Waals surface area contributed by atoms with Crippen LogP contribution in [0.4, 0.5) is 0 Å². The topological polar surface area (TPSA) is 9.23 Å². The van der Waals surface area contributed by atoms with Crippen molar-refractivity contribution in [3.8, 4) is 5.75 Å². The van der Waals surface area contributed by atoms with Gasteiger partial charge in [0.25, 0.3) is 0 Å². The average Bonchev–Trinajstić information content (AvgIpc) is 2.59. The molecule has 0 atom stereocenters. The maximum Gasteiger partial charge on any atom is 0.358 e. The molecule has 0 amide bonds. The summed E-state index contributed by atoms with van der Waals surface area (Å²) in [4.78, 5) is 0. The first-order valence-corrected chi connectivity index (χ1v) is 11.0. The van der Waals surface area contributed by atoms with E-state index < -0.39 is 0 Å². The Labute approximate surface area is 167 Å². The summed E-state index contributed by atoms with van der Waals surface area (Å²) in [5, 5.41) is 0. The molecular formula is C21H19I2O+. The molecule has 0 aliphatic rings. The number of hydrogen-bond acceptors (Lipinski definition) is 1. The Bertz CT molecular complexity index is 808. The maximum absolute atomic E-state index is 5.89. The second kappa shape index (κ2) is 8.34. The van der Waals surface area contributed by atoms with Crippen LogP contribution in [0.1, 0.15) is 16.7 Å². The van der Waals surface area contributed by atoms with Crippen molar-refractivity contribution in [2.45, 2.75) is 20.5 Å². The van der Waals surface area contributed by atoms with Crippen molar-refractivity contribution in [1.82, 2.24) is 0 Å². The monoisotopic (exact) mass is 541 g/mol. The summed E-state index contributed by atoms with van der Waals surface area (Å²) in [6, 6.07) is 23.8. The third-order valence-electron chi connectivity index (χ3n) is 3.67. The van der Waals surface area contributed by atoms with Gasteiger partial charge in [0, 0.05) is 9.13 Å². The maximum atomic E-state index is 5.89. The molecule has 0 aliphatic heterocycles. The third-order valence-corrected chi connectivity index (χ3v) is 7.48. The van der Waals surface area contributed by atoms with Crippen molar-refractivity contribution < 1.29 is 25.9 Å². The molecule has 0 fully saturated rings. The van der Waals surface area contributed by atoms with Gasteiger partial charge in [-0.25, -0.2) is 0 Å². The quantitative estimate of drug-likeness (QED) is 0.452. The molecule has 0 bridgehead atoms. The van der Waals surface area contributed by atoms with Crippen molar-refractivity contribution in [2.24, 2.45) is 0 Å². The lowest BCUT2D eigenvalue weighted by Gasteiger charge is -2.06. The summed E-state index contributed by atoms with van der Waals surface area (Å²) in [6.45, 7) is 4.98. The average molecular weight is 541 g/mol. The molecule has 0 spiro atoms. The van der Waals surface area contributed by atoms with E-state index >= 15 is 0 Å². The van der Waals surface area contributed by atoms with E-state index in [1.807, 2.05) is 0 Å². The van der Waals surface area contributed by atoms with Gasteiger partial charge in [-0.2, -0.15) is 0 Å². The Morgan fingerprint density at radius 2 is 1.58 bits per heavy atom.